The Morgan fingerprint density at radius 3 is 2.75 bits per heavy atom. The molecule has 0 radical (unpaired) electrons. The second kappa shape index (κ2) is 6.64. The molecule has 1 aromatic rings. The molecule has 110 valence electrons. The van der Waals surface area contributed by atoms with Crippen molar-refractivity contribution in [2.24, 2.45) is 5.92 Å². The molecule has 0 bridgehead atoms. The van der Waals surface area contributed by atoms with Gasteiger partial charge in [0.25, 0.3) is 0 Å². The highest BCUT2D eigenvalue weighted by Crippen LogP contribution is 2.31. The lowest BCUT2D eigenvalue weighted by molar-refractivity contribution is 0.0526. The van der Waals surface area contributed by atoms with Crippen molar-refractivity contribution in [3.63, 3.8) is 0 Å². The number of carbonyl (C=O) groups excluding carboxylic acids is 1. The number of carbonyl (C=O) groups is 1. The van der Waals surface area contributed by atoms with Gasteiger partial charge in [-0.3, -0.25) is 0 Å². The average molecular weight is 277 g/mol. The number of benzene rings is 1. The van der Waals surface area contributed by atoms with Gasteiger partial charge in [0, 0.05) is 0 Å². The van der Waals surface area contributed by atoms with E-state index in [4.69, 9.17) is 15.2 Å². The molecule has 1 aliphatic rings. The number of rotatable bonds is 4. The standard InChI is InChI=1S/C16H23NO3/c1-3-19-16(18)12-8-9-15(13(17)10-12)20-14-7-5-4-6-11(14)2/h8-11,14H,3-7,17H2,1-2H3. The van der Waals surface area contributed by atoms with Crippen molar-refractivity contribution in [3.05, 3.63) is 23.8 Å². The molecule has 2 N–H and O–H groups in total. The zero-order chi connectivity index (χ0) is 14.5. The van der Waals surface area contributed by atoms with Gasteiger partial charge in [0.2, 0.25) is 0 Å². The van der Waals surface area contributed by atoms with E-state index in [0.717, 1.165) is 6.42 Å². The summed E-state index contributed by atoms with van der Waals surface area (Å²) in [5.74, 6) is 0.862. The molecule has 2 atom stereocenters. The van der Waals surface area contributed by atoms with Gasteiger partial charge in [0.1, 0.15) is 11.9 Å². The van der Waals surface area contributed by atoms with Gasteiger partial charge in [0.15, 0.2) is 0 Å². The van der Waals surface area contributed by atoms with Crippen molar-refractivity contribution in [1.29, 1.82) is 0 Å². The molecular weight excluding hydrogens is 254 g/mol. The van der Waals surface area contributed by atoms with E-state index in [9.17, 15) is 4.79 Å². The largest absolute Gasteiger partial charge is 0.488 e. The highest BCUT2D eigenvalue weighted by Gasteiger charge is 2.23. The SMILES string of the molecule is CCOC(=O)c1ccc(OC2CCCCC2C)c(N)c1. The van der Waals surface area contributed by atoms with Crippen LogP contribution in [-0.4, -0.2) is 18.7 Å². The lowest BCUT2D eigenvalue weighted by Gasteiger charge is -2.29. The van der Waals surface area contributed by atoms with Crippen LogP contribution in [0.1, 0.15) is 49.9 Å². The molecule has 0 amide bonds. The number of nitrogen functional groups attached to an aromatic ring is 1. The zero-order valence-corrected chi connectivity index (χ0v) is 12.2. The van der Waals surface area contributed by atoms with E-state index in [-0.39, 0.29) is 12.1 Å². The molecular formula is C16H23NO3. The summed E-state index contributed by atoms with van der Waals surface area (Å²) in [6, 6.07) is 5.10. The van der Waals surface area contributed by atoms with Gasteiger partial charge in [-0.2, -0.15) is 0 Å². The van der Waals surface area contributed by atoms with Crippen molar-refractivity contribution >= 4 is 11.7 Å². The Morgan fingerprint density at radius 2 is 2.10 bits per heavy atom. The van der Waals surface area contributed by atoms with Crippen LogP contribution >= 0.6 is 0 Å². The van der Waals surface area contributed by atoms with Crippen LogP contribution in [0.2, 0.25) is 0 Å². The third kappa shape index (κ3) is 3.44. The quantitative estimate of drug-likeness (QED) is 0.676. The number of esters is 1. The first-order valence-corrected chi connectivity index (χ1v) is 7.35. The summed E-state index contributed by atoms with van der Waals surface area (Å²) in [5, 5.41) is 0. The van der Waals surface area contributed by atoms with Gasteiger partial charge in [-0.15, -0.1) is 0 Å². The molecule has 0 spiro atoms. The van der Waals surface area contributed by atoms with Crippen LogP contribution in [0.25, 0.3) is 0 Å². The van der Waals surface area contributed by atoms with Crippen molar-refractivity contribution in [3.8, 4) is 5.75 Å². The predicted octanol–water partition coefficient (Wildman–Crippen LogP) is 3.40. The van der Waals surface area contributed by atoms with Crippen LogP contribution in [0.15, 0.2) is 18.2 Å². The molecule has 1 saturated carbocycles. The van der Waals surface area contributed by atoms with E-state index < -0.39 is 0 Å². The fourth-order valence-electron chi connectivity index (χ4n) is 2.62. The Kier molecular flexibility index (Phi) is 4.88. The summed E-state index contributed by atoms with van der Waals surface area (Å²) in [6.45, 7) is 4.35. The molecule has 0 saturated heterocycles. The molecule has 1 aromatic carbocycles. The van der Waals surface area contributed by atoms with Crippen molar-refractivity contribution < 1.29 is 14.3 Å². The third-order valence-corrected chi connectivity index (χ3v) is 3.83. The maximum Gasteiger partial charge on any atom is 0.338 e. The summed E-state index contributed by atoms with van der Waals surface area (Å²) in [5.41, 5.74) is 6.95. The van der Waals surface area contributed by atoms with Crippen molar-refractivity contribution in [1.82, 2.24) is 0 Å². The first-order chi connectivity index (χ1) is 9.61. The fourth-order valence-corrected chi connectivity index (χ4v) is 2.62. The fraction of sp³-hybridized carbons (Fsp3) is 0.562. The number of ether oxygens (including phenoxy) is 2. The van der Waals surface area contributed by atoms with Crippen LogP contribution in [0.5, 0.6) is 5.75 Å². The number of hydrogen-bond donors (Lipinski definition) is 1. The maximum absolute atomic E-state index is 11.6. The molecule has 2 rings (SSSR count). The average Bonchev–Trinajstić information content (AvgIpc) is 2.43. The van der Waals surface area contributed by atoms with Crippen molar-refractivity contribution in [2.75, 3.05) is 12.3 Å². The first kappa shape index (κ1) is 14.7. The minimum absolute atomic E-state index is 0.222. The minimum atomic E-state index is -0.350. The molecule has 1 aliphatic carbocycles. The van der Waals surface area contributed by atoms with Gasteiger partial charge in [-0.25, -0.2) is 4.79 Å². The molecule has 20 heavy (non-hydrogen) atoms. The maximum atomic E-state index is 11.6. The summed E-state index contributed by atoms with van der Waals surface area (Å²) in [7, 11) is 0. The smallest absolute Gasteiger partial charge is 0.338 e. The van der Waals surface area contributed by atoms with E-state index in [1.807, 2.05) is 0 Å². The Bertz CT molecular complexity index is 473. The lowest BCUT2D eigenvalue weighted by atomic mass is 9.88. The first-order valence-electron chi connectivity index (χ1n) is 7.35. The minimum Gasteiger partial charge on any atom is -0.488 e. The van der Waals surface area contributed by atoms with E-state index in [0.29, 0.717) is 29.5 Å². The second-order valence-electron chi connectivity index (χ2n) is 5.39. The molecule has 4 heteroatoms. The van der Waals surface area contributed by atoms with E-state index in [1.54, 1.807) is 25.1 Å². The number of hydrogen-bond acceptors (Lipinski definition) is 4. The number of anilines is 1. The van der Waals surface area contributed by atoms with Crippen molar-refractivity contribution in [2.45, 2.75) is 45.6 Å². The summed E-state index contributed by atoms with van der Waals surface area (Å²) < 4.78 is 11.0. The molecule has 0 heterocycles. The summed E-state index contributed by atoms with van der Waals surface area (Å²) >= 11 is 0. The molecule has 0 aromatic heterocycles. The van der Waals surface area contributed by atoms with Gasteiger partial charge >= 0.3 is 5.97 Å². The highest BCUT2D eigenvalue weighted by atomic mass is 16.5. The van der Waals surface area contributed by atoms with E-state index >= 15 is 0 Å². The molecule has 0 aliphatic heterocycles. The highest BCUT2D eigenvalue weighted by molar-refractivity contribution is 5.91. The third-order valence-electron chi connectivity index (χ3n) is 3.83. The molecule has 4 nitrogen and oxygen atoms in total. The van der Waals surface area contributed by atoms with E-state index in [1.165, 1.54) is 19.3 Å². The molecule has 2 unspecified atom stereocenters. The summed E-state index contributed by atoms with van der Waals surface area (Å²) in [6.07, 6.45) is 4.97. The monoisotopic (exact) mass is 277 g/mol. The normalized spacial score (nSPS) is 22.3. The van der Waals surface area contributed by atoms with Crippen LogP contribution in [0.3, 0.4) is 0 Å². The molecule has 1 fully saturated rings. The van der Waals surface area contributed by atoms with E-state index in [2.05, 4.69) is 6.92 Å². The van der Waals surface area contributed by atoms with Crippen LogP contribution < -0.4 is 10.5 Å². The van der Waals surface area contributed by atoms with Gasteiger partial charge < -0.3 is 15.2 Å². The van der Waals surface area contributed by atoms with Gasteiger partial charge in [-0.05, 0) is 50.3 Å². The lowest BCUT2D eigenvalue weighted by Crippen LogP contribution is -2.28. The second-order valence-corrected chi connectivity index (χ2v) is 5.39. The predicted molar refractivity (Wildman–Crippen MR) is 78.9 cm³/mol. The topological polar surface area (TPSA) is 61.5 Å². The zero-order valence-electron chi connectivity index (χ0n) is 12.2. The van der Waals surface area contributed by atoms with Crippen LogP contribution in [0, 0.1) is 5.92 Å². The van der Waals surface area contributed by atoms with Crippen LogP contribution in [-0.2, 0) is 4.74 Å². The Morgan fingerprint density at radius 1 is 1.35 bits per heavy atom. The van der Waals surface area contributed by atoms with Gasteiger partial charge in [0.05, 0.1) is 17.9 Å². The Balaban J connectivity index is 2.07. The van der Waals surface area contributed by atoms with Gasteiger partial charge in [-0.1, -0.05) is 13.3 Å². The Labute approximate surface area is 120 Å². The number of nitrogens with two attached hydrogens (primary N) is 1. The Hall–Kier alpha value is -1.71. The summed E-state index contributed by atoms with van der Waals surface area (Å²) in [4.78, 5) is 11.6. The van der Waals surface area contributed by atoms with Crippen LogP contribution in [0.4, 0.5) is 5.69 Å².